The van der Waals surface area contributed by atoms with Gasteiger partial charge in [0.05, 0.1) is 10.1 Å². The van der Waals surface area contributed by atoms with E-state index < -0.39 is 10.1 Å². The van der Waals surface area contributed by atoms with Crippen LogP contribution in [0.3, 0.4) is 0 Å². The number of nitrogens with zero attached hydrogens (tertiary/aromatic N) is 1. The van der Waals surface area contributed by atoms with Gasteiger partial charge in [-0.3, -0.25) is 0 Å². The molecule has 0 radical (unpaired) electrons. The van der Waals surface area contributed by atoms with Crippen molar-refractivity contribution in [2.45, 2.75) is 32.6 Å². The van der Waals surface area contributed by atoms with Gasteiger partial charge in [0.1, 0.15) is 5.58 Å². The Labute approximate surface area is 169 Å². The van der Waals surface area contributed by atoms with Crippen molar-refractivity contribution in [2.75, 3.05) is 23.7 Å². The summed E-state index contributed by atoms with van der Waals surface area (Å²) in [4.78, 5) is 13.8. The van der Waals surface area contributed by atoms with Gasteiger partial charge in [0.15, 0.2) is 0 Å². The number of hydrogen-bond donors (Lipinski definition) is 0. The average molecular weight is 373 g/mol. The minimum absolute atomic E-state index is 0. The molecule has 8 heteroatoms. The molecule has 6 nitrogen and oxygen atoms in total. The first-order valence-corrected chi connectivity index (χ1v) is 9.67. The van der Waals surface area contributed by atoms with Crippen LogP contribution in [0.15, 0.2) is 27.4 Å². The van der Waals surface area contributed by atoms with E-state index in [0.717, 1.165) is 36.0 Å². The van der Waals surface area contributed by atoms with E-state index in [1.807, 2.05) is 13.0 Å². The van der Waals surface area contributed by atoms with E-state index in [4.69, 9.17) is 4.42 Å². The molecule has 1 aliphatic heterocycles. The van der Waals surface area contributed by atoms with Gasteiger partial charge >= 0.3 is 35.2 Å². The van der Waals surface area contributed by atoms with Crippen LogP contribution in [0.5, 0.6) is 0 Å². The van der Waals surface area contributed by atoms with Gasteiger partial charge in [-0.2, -0.15) is 0 Å². The molecule has 1 aromatic carbocycles. The molecule has 25 heavy (non-hydrogen) atoms. The van der Waals surface area contributed by atoms with Crippen molar-refractivity contribution in [3.63, 3.8) is 0 Å². The molecule has 1 aromatic heterocycles. The summed E-state index contributed by atoms with van der Waals surface area (Å²) >= 11 is 0. The molecule has 0 N–H and O–H groups in total. The Bertz CT molecular complexity index is 923. The van der Waals surface area contributed by atoms with Gasteiger partial charge in [-0.05, 0) is 49.8 Å². The predicted molar refractivity (Wildman–Crippen MR) is 91.6 cm³/mol. The summed E-state index contributed by atoms with van der Waals surface area (Å²) in [6.45, 7) is 3.46. The fraction of sp³-hybridized carbons (Fsp3) is 0.471. The van der Waals surface area contributed by atoms with Crippen LogP contribution < -0.4 is 40.1 Å². The van der Waals surface area contributed by atoms with E-state index in [2.05, 4.69) is 11.0 Å². The van der Waals surface area contributed by atoms with Gasteiger partial charge in [-0.25, -0.2) is 13.2 Å². The third-order valence-electron chi connectivity index (χ3n) is 4.44. The first-order chi connectivity index (χ1) is 11.3. The largest absolute Gasteiger partial charge is 1.00 e. The van der Waals surface area contributed by atoms with Gasteiger partial charge in [0.25, 0.3) is 0 Å². The van der Waals surface area contributed by atoms with E-state index in [9.17, 15) is 17.8 Å². The topological polar surface area (TPSA) is 90.7 Å². The summed E-state index contributed by atoms with van der Waals surface area (Å²) < 4.78 is 37.4. The van der Waals surface area contributed by atoms with Crippen molar-refractivity contribution in [3.8, 4) is 0 Å². The van der Waals surface area contributed by atoms with Crippen LogP contribution in [0.4, 0.5) is 5.69 Å². The molecule has 0 saturated heterocycles. The van der Waals surface area contributed by atoms with E-state index in [-0.39, 0.29) is 40.9 Å². The van der Waals surface area contributed by atoms with Crippen molar-refractivity contribution in [2.24, 2.45) is 0 Å². The van der Waals surface area contributed by atoms with Crippen molar-refractivity contribution in [3.05, 3.63) is 39.7 Å². The molecule has 3 rings (SSSR count). The molecule has 0 fully saturated rings. The van der Waals surface area contributed by atoms with Crippen LogP contribution in [0.1, 0.15) is 30.4 Å². The van der Waals surface area contributed by atoms with Crippen LogP contribution in [0.25, 0.3) is 11.0 Å². The van der Waals surface area contributed by atoms with Crippen LogP contribution in [0.2, 0.25) is 0 Å². The maximum atomic E-state index is 11.6. The molecule has 0 bridgehead atoms. The van der Waals surface area contributed by atoms with E-state index >= 15 is 0 Å². The van der Waals surface area contributed by atoms with Gasteiger partial charge in [0.2, 0.25) is 0 Å². The number of hydrogen-bond acceptors (Lipinski definition) is 6. The Morgan fingerprint density at radius 3 is 2.72 bits per heavy atom. The maximum Gasteiger partial charge on any atom is 1.00 e. The summed E-state index contributed by atoms with van der Waals surface area (Å²) in [5.41, 5.74) is 3.37. The second kappa shape index (κ2) is 8.22. The van der Waals surface area contributed by atoms with E-state index in [1.54, 1.807) is 0 Å². The van der Waals surface area contributed by atoms with Crippen molar-refractivity contribution in [1.29, 1.82) is 0 Å². The molecule has 0 amide bonds. The Hall–Kier alpha value is -0.860. The Morgan fingerprint density at radius 1 is 1.24 bits per heavy atom. The van der Waals surface area contributed by atoms with Crippen molar-refractivity contribution < 1.29 is 46.9 Å². The number of fused-ring (bicyclic) bond motifs is 2. The zero-order valence-electron chi connectivity index (χ0n) is 14.6. The number of anilines is 1. The summed E-state index contributed by atoms with van der Waals surface area (Å²) in [6, 6.07) is 5.48. The van der Waals surface area contributed by atoms with Gasteiger partial charge in [-0.1, -0.05) is 0 Å². The second-order valence-corrected chi connectivity index (χ2v) is 7.81. The minimum Gasteiger partial charge on any atom is -0.748 e. The standard InChI is InChI=1S/C17H21NO5S.Na/c1-12-9-17(19)23-16-11-15-13(10-14(12)16)5-4-7-18(15)6-2-3-8-24(20,21)22;/h9-11H,2-8H2,1H3,(H,20,21,22);/q;+1/p-1. The number of aryl methyl sites for hydroxylation is 2. The predicted octanol–water partition coefficient (Wildman–Crippen LogP) is -0.817. The van der Waals surface area contributed by atoms with Gasteiger partial charge in [0, 0.05) is 42.0 Å². The monoisotopic (exact) mass is 373 g/mol. The molecule has 2 aromatic rings. The first-order valence-electron chi connectivity index (χ1n) is 8.09. The maximum absolute atomic E-state index is 11.6. The van der Waals surface area contributed by atoms with E-state index in [1.165, 1.54) is 11.6 Å². The first kappa shape index (κ1) is 20.5. The zero-order valence-corrected chi connectivity index (χ0v) is 17.4. The Balaban J connectivity index is 0.00000225. The molecule has 0 spiro atoms. The third kappa shape index (κ3) is 5.08. The van der Waals surface area contributed by atoms with E-state index in [0.29, 0.717) is 25.0 Å². The smallest absolute Gasteiger partial charge is 0.748 e. The summed E-state index contributed by atoms with van der Waals surface area (Å²) in [6.07, 6.45) is 2.99. The van der Waals surface area contributed by atoms with Crippen LogP contribution in [-0.4, -0.2) is 31.8 Å². The fourth-order valence-corrected chi connectivity index (χ4v) is 3.85. The molecule has 0 atom stereocenters. The Morgan fingerprint density at radius 2 is 2.00 bits per heavy atom. The van der Waals surface area contributed by atoms with Crippen LogP contribution >= 0.6 is 0 Å². The summed E-state index contributed by atoms with van der Waals surface area (Å²) in [5, 5.41) is 0.952. The fourth-order valence-electron chi connectivity index (χ4n) is 3.29. The molecule has 0 saturated carbocycles. The summed E-state index contributed by atoms with van der Waals surface area (Å²) in [7, 11) is -4.14. The number of rotatable bonds is 5. The molecular formula is C17H20NNaO5S. The molecule has 130 valence electrons. The molecular weight excluding hydrogens is 353 g/mol. The molecule has 0 aliphatic carbocycles. The quantitative estimate of drug-likeness (QED) is 0.295. The molecule has 1 aliphatic rings. The van der Waals surface area contributed by atoms with Crippen LogP contribution in [-0.2, 0) is 16.5 Å². The SMILES string of the molecule is Cc1cc(=O)oc2cc3c(cc12)CCCN3CCCCS(=O)(=O)[O-].[Na+]. The molecule has 2 heterocycles. The zero-order chi connectivity index (χ0) is 17.3. The normalized spacial score (nSPS) is 14.2. The number of benzene rings is 1. The summed E-state index contributed by atoms with van der Waals surface area (Å²) in [5.74, 6) is -0.320. The second-order valence-electron chi connectivity index (χ2n) is 6.29. The van der Waals surface area contributed by atoms with Gasteiger partial charge < -0.3 is 13.9 Å². The third-order valence-corrected chi connectivity index (χ3v) is 5.23. The molecule has 0 unspecified atom stereocenters. The Kier molecular flexibility index (Phi) is 6.73. The van der Waals surface area contributed by atoms with Gasteiger partial charge in [-0.15, -0.1) is 0 Å². The number of unbranched alkanes of at least 4 members (excludes halogenated alkanes) is 1. The van der Waals surface area contributed by atoms with Crippen LogP contribution in [0, 0.1) is 6.92 Å². The average Bonchev–Trinajstić information content (AvgIpc) is 2.49. The van der Waals surface area contributed by atoms with Crippen molar-refractivity contribution >= 4 is 26.8 Å². The minimum atomic E-state index is -4.14. The van der Waals surface area contributed by atoms with Crippen molar-refractivity contribution in [1.82, 2.24) is 0 Å².